The maximum atomic E-state index is 12.4. The largest absolute Gasteiger partial charge is 0.480 e. The number of benzene rings is 1. The average Bonchev–Trinajstić information content (AvgIpc) is 2.51. The predicted molar refractivity (Wildman–Crippen MR) is 87.0 cm³/mol. The lowest BCUT2D eigenvalue weighted by Gasteiger charge is -2.23. The van der Waals surface area contributed by atoms with Crippen molar-refractivity contribution in [2.75, 3.05) is 0 Å². The first kappa shape index (κ1) is 19.6. The molecule has 0 bridgehead atoms. The van der Waals surface area contributed by atoms with Gasteiger partial charge < -0.3 is 26.6 Å². The second-order valence-corrected chi connectivity index (χ2v) is 5.60. The van der Waals surface area contributed by atoms with Gasteiger partial charge >= 0.3 is 5.97 Å². The Morgan fingerprint density at radius 3 is 2.12 bits per heavy atom. The molecule has 0 saturated carbocycles. The number of amides is 2. The lowest BCUT2D eigenvalue weighted by Crippen LogP contribution is -2.56. The Hall–Kier alpha value is -2.45. The fourth-order valence-electron chi connectivity index (χ4n) is 2.00. The third-order valence-corrected chi connectivity index (χ3v) is 3.38. The molecule has 0 aliphatic rings. The van der Waals surface area contributed by atoms with Crippen molar-refractivity contribution in [3.8, 4) is 0 Å². The summed E-state index contributed by atoms with van der Waals surface area (Å²) in [7, 11) is 0. The van der Waals surface area contributed by atoms with Crippen molar-refractivity contribution in [2.24, 2.45) is 5.73 Å². The van der Waals surface area contributed by atoms with Crippen LogP contribution in [0.2, 0.25) is 0 Å². The van der Waals surface area contributed by atoms with Gasteiger partial charge in [-0.2, -0.15) is 0 Å². The molecule has 1 aromatic carbocycles. The molecule has 24 heavy (non-hydrogen) atoms. The number of carboxylic acid groups (broad SMARTS) is 1. The molecule has 6 N–H and O–H groups in total. The highest BCUT2D eigenvalue weighted by Gasteiger charge is 2.29. The van der Waals surface area contributed by atoms with Crippen molar-refractivity contribution in [1.82, 2.24) is 10.6 Å². The summed E-state index contributed by atoms with van der Waals surface area (Å²) in [5.41, 5.74) is 6.28. The van der Waals surface area contributed by atoms with Gasteiger partial charge in [0.1, 0.15) is 6.04 Å². The molecule has 1 rings (SSSR count). The topological polar surface area (TPSA) is 142 Å². The number of carbonyl (C=O) groups excluding carboxylic acids is 2. The van der Waals surface area contributed by atoms with Crippen LogP contribution in [0.15, 0.2) is 30.3 Å². The van der Waals surface area contributed by atoms with Crippen LogP contribution in [0.3, 0.4) is 0 Å². The van der Waals surface area contributed by atoms with Crippen molar-refractivity contribution >= 4 is 17.8 Å². The lowest BCUT2D eigenvalue weighted by atomic mass is 10.0. The maximum absolute atomic E-state index is 12.4. The van der Waals surface area contributed by atoms with Crippen LogP contribution in [0.4, 0.5) is 0 Å². The van der Waals surface area contributed by atoms with Crippen LogP contribution in [-0.2, 0) is 20.8 Å². The van der Waals surface area contributed by atoms with E-state index in [9.17, 15) is 19.5 Å². The Morgan fingerprint density at radius 2 is 1.67 bits per heavy atom. The van der Waals surface area contributed by atoms with Gasteiger partial charge in [-0.1, -0.05) is 30.3 Å². The highest BCUT2D eigenvalue weighted by atomic mass is 16.4. The van der Waals surface area contributed by atoms with E-state index >= 15 is 0 Å². The van der Waals surface area contributed by atoms with Crippen molar-refractivity contribution in [1.29, 1.82) is 0 Å². The summed E-state index contributed by atoms with van der Waals surface area (Å²) < 4.78 is 0. The Kier molecular flexibility index (Phi) is 7.34. The molecule has 2 amide bonds. The maximum Gasteiger partial charge on any atom is 0.328 e. The van der Waals surface area contributed by atoms with Crippen LogP contribution in [0.1, 0.15) is 19.4 Å². The van der Waals surface area contributed by atoms with Crippen molar-refractivity contribution in [3.63, 3.8) is 0 Å². The molecular formula is C16H23N3O5. The first-order valence-electron chi connectivity index (χ1n) is 7.53. The molecule has 0 aromatic heterocycles. The van der Waals surface area contributed by atoms with Gasteiger partial charge in [-0.15, -0.1) is 0 Å². The van der Waals surface area contributed by atoms with E-state index in [1.807, 2.05) is 6.07 Å². The van der Waals surface area contributed by atoms with E-state index in [2.05, 4.69) is 10.6 Å². The van der Waals surface area contributed by atoms with Crippen LogP contribution in [-0.4, -0.2) is 52.2 Å². The zero-order valence-corrected chi connectivity index (χ0v) is 13.6. The van der Waals surface area contributed by atoms with E-state index < -0.39 is 42.0 Å². The molecule has 8 nitrogen and oxygen atoms in total. The monoisotopic (exact) mass is 337 g/mol. The van der Waals surface area contributed by atoms with Crippen LogP contribution in [0, 0.1) is 0 Å². The average molecular weight is 337 g/mol. The second-order valence-electron chi connectivity index (χ2n) is 5.60. The van der Waals surface area contributed by atoms with Crippen molar-refractivity contribution in [3.05, 3.63) is 35.9 Å². The summed E-state index contributed by atoms with van der Waals surface area (Å²) in [6.07, 6.45) is -1.12. The van der Waals surface area contributed by atoms with Crippen LogP contribution in [0.5, 0.6) is 0 Å². The number of aliphatic hydroxyl groups excluding tert-OH is 1. The molecule has 0 heterocycles. The molecule has 4 atom stereocenters. The van der Waals surface area contributed by atoms with Crippen molar-refractivity contribution < 1.29 is 24.6 Å². The molecule has 132 valence electrons. The summed E-state index contributed by atoms with van der Waals surface area (Å²) in [6.45, 7) is 2.73. The second kappa shape index (κ2) is 8.99. The third-order valence-electron chi connectivity index (χ3n) is 3.38. The van der Waals surface area contributed by atoms with Gasteiger partial charge in [0.15, 0.2) is 6.04 Å². The number of hydrogen-bond donors (Lipinski definition) is 5. The fraction of sp³-hybridized carbons (Fsp3) is 0.438. The van der Waals surface area contributed by atoms with Gasteiger partial charge in [0, 0.05) is 6.42 Å². The number of nitrogens with one attached hydrogen (secondary N) is 2. The van der Waals surface area contributed by atoms with Crippen molar-refractivity contribution in [2.45, 2.75) is 44.5 Å². The zero-order valence-electron chi connectivity index (χ0n) is 13.6. The Labute approximate surface area is 140 Å². The quantitative estimate of drug-likeness (QED) is 0.412. The standard InChI is InChI=1S/C16H23N3O5/c1-9(17)14(21)18-12(8-11-6-4-3-5-7-11)15(22)19-13(10(2)20)16(23)24/h3-7,9-10,12-13,20H,8,17H2,1-2H3,(H,18,21)(H,19,22)(H,23,24). The number of carboxylic acids is 1. The molecular weight excluding hydrogens is 314 g/mol. The molecule has 0 aliphatic heterocycles. The molecule has 0 saturated heterocycles. The Morgan fingerprint density at radius 1 is 1.08 bits per heavy atom. The molecule has 4 unspecified atom stereocenters. The van der Waals surface area contributed by atoms with E-state index in [4.69, 9.17) is 10.8 Å². The zero-order chi connectivity index (χ0) is 18.3. The van der Waals surface area contributed by atoms with Gasteiger partial charge in [-0.25, -0.2) is 4.79 Å². The molecule has 0 aliphatic carbocycles. The molecule has 0 fully saturated rings. The van der Waals surface area contributed by atoms with E-state index in [0.29, 0.717) is 0 Å². The smallest absolute Gasteiger partial charge is 0.328 e. The van der Waals surface area contributed by atoms with Crippen LogP contribution >= 0.6 is 0 Å². The predicted octanol–water partition coefficient (Wildman–Crippen LogP) is -0.989. The summed E-state index contributed by atoms with van der Waals surface area (Å²) in [6, 6.07) is 5.65. The summed E-state index contributed by atoms with van der Waals surface area (Å²) in [4.78, 5) is 35.3. The normalized spacial score (nSPS) is 15.7. The summed E-state index contributed by atoms with van der Waals surface area (Å²) >= 11 is 0. The van der Waals surface area contributed by atoms with Gasteiger partial charge in [0.25, 0.3) is 0 Å². The lowest BCUT2D eigenvalue weighted by molar-refractivity contribution is -0.145. The number of carbonyl (C=O) groups is 3. The van der Waals surface area contributed by atoms with Gasteiger partial charge in [0.05, 0.1) is 12.1 Å². The minimum Gasteiger partial charge on any atom is -0.480 e. The van der Waals surface area contributed by atoms with Crippen LogP contribution < -0.4 is 16.4 Å². The number of aliphatic hydroxyl groups is 1. The van der Waals surface area contributed by atoms with E-state index in [-0.39, 0.29) is 6.42 Å². The highest BCUT2D eigenvalue weighted by Crippen LogP contribution is 2.05. The van der Waals surface area contributed by atoms with Gasteiger partial charge in [-0.3, -0.25) is 9.59 Å². The first-order chi connectivity index (χ1) is 11.2. The minimum absolute atomic E-state index is 0.164. The van der Waals surface area contributed by atoms with E-state index in [1.165, 1.54) is 13.8 Å². The first-order valence-corrected chi connectivity index (χ1v) is 7.53. The highest BCUT2D eigenvalue weighted by molar-refractivity contribution is 5.92. The Bertz CT molecular complexity index is 574. The summed E-state index contributed by atoms with van der Waals surface area (Å²) in [5.74, 6) is -2.61. The van der Waals surface area contributed by atoms with Crippen LogP contribution in [0.25, 0.3) is 0 Å². The summed E-state index contributed by atoms with van der Waals surface area (Å²) in [5, 5.41) is 23.3. The van der Waals surface area contributed by atoms with E-state index in [0.717, 1.165) is 5.56 Å². The number of aliphatic carboxylic acids is 1. The molecule has 0 radical (unpaired) electrons. The number of hydrogen-bond acceptors (Lipinski definition) is 5. The van der Waals surface area contributed by atoms with Gasteiger partial charge in [0.2, 0.25) is 11.8 Å². The number of rotatable bonds is 8. The Balaban J connectivity index is 2.92. The van der Waals surface area contributed by atoms with E-state index in [1.54, 1.807) is 24.3 Å². The van der Waals surface area contributed by atoms with Gasteiger partial charge in [-0.05, 0) is 19.4 Å². The minimum atomic E-state index is -1.47. The molecule has 8 heteroatoms. The SMILES string of the molecule is CC(N)C(=O)NC(Cc1ccccc1)C(=O)NC(C(=O)O)C(C)O. The third kappa shape index (κ3) is 5.98. The molecule has 1 aromatic rings. The molecule has 0 spiro atoms. The fourth-order valence-corrected chi connectivity index (χ4v) is 2.00. The number of nitrogens with two attached hydrogens (primary N) is 1.